The van der Waals surface area contributed by atoms with Crippen molar-refractivity contribution in [2.75, 3.05) is 12.4 Å². The number of H-pyrrole nitrogens is 1. The van der Waals surface area contributed by atoms with E-state index in [4.69, 9.17) is 21.7 Å². The number of aliphatic imine (C=N–C) groups is 1. The third-order valence-electron chi connectivity index (χ3n) is 3.39. The number of benzene rings is 1. The summed E-state index contributed by atoms with van der Waals surface area (Å²) in [5.41, 5.74) is -0.933. The molecule has 0 aliphatic rings. The van der Waals surface area contributed by atoms with Gasteiger partial charge in [-0.05, 0) is 24.7 Å². The highest BCUT2D eigenvalue weighted by Crippen LogP contribution is 2.26. The Morgan fingerprint density at radius 3 is 2.80 bits per heavy atom. The van der Waals surface area contributed by atoms with Gasteiger partial charge in [-0.2, -0.15) is 4.99 Å². The van der Waals surface area contributed by atoms with Crippen LogP contribution in [0.4, 0.5) is 5.13 Å². The Morgan fingerprint density at radius 1 is 1.52 bits per heavy atom. The number of anilines is 1. The molecule has 0 bridgehead atoms. The van der Waals surface area contributed by atoms with Crippen LogP contribution in [0.5, 0.6) is 0 Å². The molecule has 0 fully saturated rings. The van der Waals surface area contributed by atoms with Gasteiger partial charge < -0.3 is 14.8 Å². The average Bonchev–Trinajstić information content (AvgIpc) is 3.04. The van der Waals surface area contributed by atoms with E-state index in [1.165, 1.54) is 13.2 Å². The molecule has 0 saturated heterocycles. The van der Waals surface area contributed by atoms with Gasteiger partial charge >= 0.3 is 5.97 Å². The van der Waals surface area contributed by atoms with E-state index >= 15 is 0 Å². The first-order chi connectivity index (χ1) is 12.0. The zero-order chi connectivity index (χ0) is 18.3. The van der Waals surface area contributed by atoms with Crippen molar-refractivity contribution in [1.29, 1.82) is 0 Å². The van der Waals surface area contributed by atoms with Crippen LogP contribution < -0.4 is 5.32 Å². The quantitative estimate of drug-likeness (QED) is 0.313. The van der Waals surface area contributed by atoms with Crippen LogP contribution in [0.2, 0.25) is 0 Å². The second-order valence-corrected chi connectivity index (χ2v) is 6.61. The first-order valence-corrected chi connectivity index (χ1v) is 8.41. The van der Waals surface area contributed by atoms with Crippen molar-refractivity contribution in [2.45, 2.75) is 25.3 Å². The summed E-state index contributed by atoms with van der Waals surface area (Å²) in [5, 5.41) is 9.55. The Morgan fingerprint density at radius 2 is 2.24 bits per heavy atom. The molecule has 132 valence electrons. The number of ether oxygens (including phenoxy) is 2. The Balaban J connectivity index is 2.29. The van der Waals surface area contributed by atoms with Gasteiger partial charge in [-0.3, -0.25) is 5.10 Å². The lowest BCUT2D eigenvalue weighted by Gasteiger charge is -2.31. The highest BCUT2D eigenvalue weighted by atomic mass is 32.1. The van der Waals surface area contributed by atoms with Gasteiger partial charge in [0.2, 0.25) is 11.2 Å². The van der Waals surface area contributed by atoms with Crippen molar-refractivity contribution in [1.82, 2.24) is 10.2 Å². The van der Waals surface area contributed by atoms with Gasteiger partial charge in [0.1, 0.15) is 6.10 Å². The molecule has 0 spiro atoms. The standard InChI is InChI=1S/C15H16N4O4S2/c1-10(23-8-11-6-4-3-5-7-11)15(16-9-20,12(21)22-2)17-13-18-19-14(24)25-13/h3-7,10H,8H2,1-2H3,(H,17,18)(H,19,24)/t10-,15-/m1/s1. The van der Waals surface area contributed by atoms with Crippen LogP contribution in [0, 0.1) is 3.95 Å². The number of carbonyl (C=O) groups excluding carboxylic acids is 2. The van der Waals surface area contributed by atoms with Crippen LogP contribution in [0.15, 0.2) is 35.3 Å². The molecule has 10 heteroatoms. The monoisotopic (exact) mass is 380 g/mol. The molecule has 0 unspecified atom stereocenters. The molecule has 0 aliphatic heterocycles. The number of hydrogen-bond acceptors (Lipinski definition) is 9. The fourth-order valence-electron chi connectivity index (χ4n) is 2.07. The van der Waals surface area contributed by atoms with Crippen LogP contribution in [0.25, 0.3) is 0 Å². The van der Waals surface area contributed by atoms with Gasteiger partial charge in [0.25, 0.3) is 5.66 Å². The maximum Gasteiger partial charge on any atom is 0.358 e. The Labute approximate surface area is 152 Å². The fraction of sp³-hybridized carbons (Fsp3) is 0.333. The molecule has 0 amide bonds. The summed E-state index contributed by atoms with van der Waals surface area (Å²) in [4.78, 5) is 27.0. The maximum absolute atomic E-state index is 12.4. The summed E-state index contributed by atoms with van der Waals surface area (Å²) < 4.78 is 11.0. The van der Waals surface area contributed by atoms with Crippen LogP contribution in [-0.4, -0.2) is 41.1 Å². The minimum Gasteiger partial charge on any atom is -0.466 e. The van der Waals surface area contributed by atoms with E-state index in [0.29, 0.717) is 3.95 Å². The molecule has 8 nitrogen and oxygen atoms in total. The van der Waals surface area contributed by atoms with Gasteiger partial charge in [-0.15, -0.1) is 5.10 Å². The van der Waals surface area contributed by atoms with Crippen molar-refractivity contribution in [2.24, 2.45) is 4.99 Å². The SMILES string of the molecule is COC(=O)[C@](N=C=O)(Nc1n[nH]c(=S)s1)[C@@H](C)OCc1ccccc1. The summed E-state index contributed by atoms with van der Waals surface area (Å²) in [7, 11) is 1.19. The predicted molar refractivity (Wildman–Crippen MR) is 94.5 cm³/mol. The van der Waals surface area contributed by atoms with E-state index in [1.54, 1.807) is 6.92 Å². The summed E-state index contributed by atoms with van der Waals surface area (Å²) in [5.74, 6) is -0.808. The van der Waals surface area contributed by atoms with E-state index in [1.807, 2.05) is 30.3 Å². The summed E-state index contributed by atoms with van der Waals surface area (Å²) in [6.45, 7) is 1.81. The Hall–Kier alpha value is -2.39. The maximum atomic E-state index is 12.4. The highest BCUT2D eigenvalue weighted by molar-refractivity contribution is 7.73. The Bertz CT molecular complexity index is 816. The van der Waals surface area contributed by atoms with Crippen LogP contribution in [0.3, 0.4) is 0 Å². The smallest absolute Gasteiger partial charge is 0.358 e. The normalized spacial score (nSPS) is 14.0. The third-order valence-corrected chi connectivity index (χ3v) is 4.39. The number of methoxy groups -OCH3 is 1. The molecule has 2 aromatic rings. The molecule has 2 rings (SSSR count). The van der Waals surface area contributed by atoms with E-state index in [2.05, 4.69) is 20.5 Å². The van der Waals surface area contributed by atoms with Crippen molar-refractivity contribution in [3.8, 4) is 0 Å². The molecular weight excluding hydrogens is 364 g/mol. The van der Waals surface area contributed by atoms with E-state index < -0.39 is 17.7 Å². The molecule has 1 aromatic heterocycles. The van der Waals surface area contributed by atoms with Crippen LogP contribution in [-0.2, 0) is 25.7 Å². The lowest BCUT2D eigenvalue weighted by atomic mass is 10.1. The number of nitrogens with one attached hydrogen (secondary N) is 2. The van der Waals surface area contributed by atoms with Gasteiger partial charge in [-0.25, -0.2) is 9.59 Å². The molecule has 0 aliphatic carbocycles. The van der Waals surface area contributed by atoms with Gasteiger partial charge in [0.15, 0.2) is 3.95 Å². The van der Waals surface area contributed by atoms with Crippen LogP contribution >= 0.6 is 23.6 Å². The number of aromatic nitrogens is 2. The molecular formula is C15H16N4O4S2. The largest absolute Gasteiger partial charge is 0.466 e. The van der Waals surface area contributed by atoms with Crippen molar-refractivity contribution in [3.05, 3.63) is 39.8 Å². The molecule has 1 heterocycles. The number of isocyanates is 1. The minimum atomic E-state index is -1.83. The zero-order valence-electron chi connectivity index (χ0n) is 13.5. The van der Waals surface area contributed by atoms with Crippen molar-refractivity contribution >= 4 is 40.7 Å². The number of hydrogen-bond donors (Lipinski definition) is 2. The second kappa shape index (κ2) is 8.63. The van der Waals surface area contributed by atoms with E-state index in [-0.39, 0.29) is 11.7 Å². The number of carbonyl (C=O) groups is 1. The van der Waals surface area contributed by atoms with Crippen molar-refractivity contribution < 1.29 is 19.1 Å². The summed E-state index contributed by atoms with van der Waals surface area (Å²) in [6.07, 6.45) is 0.540. The van der Waals surface area contributed by atoms with Gasteiger partial charge in [0.05, 0.1) is 13.7 Å². The number of esters is 1. The topological polar surface area (TPSA) is 106 Å². The molecule has 2 atom stereocenters. The molecule has 0 saturated carbocycles. The van der Waals surface area contributed by atoms with Crippen molar-refractivity contribution in [3.63, 3.8) is 0 Å². The first-order valence-electron chi connectivity index (χ1n) is 7.18. The Kier molecular flexibility index (Phi) is 6.54. The zero-order valence-corrected chi connectivity index (χ0v) is 15.1. The van der Waals surface area contributed by atoms with Crippen LogP contribution in [0.1, 0.15) is 12.5 Å². The molecule has 1 aromatic carbocycles. The minimum absolute atomic E-state index is 0.215. The number of rotatable bonds is 8. The number of nitrogens with zero attached hydrogens (tertiary/aromatic N) is 2. The predicted octanol–water partition coefficient (Wildman–Crippen LogP) is 2.42. The molecule has 2 N–H and O–H groups in total. The van der Waals surface area contributed by atoms with E-state index in [0.717, 1.165) is 16.9 Å². The second-order valence-electron chi connectivity index (χ2n) is 4.94. The van der Waals surface area contributed by atoms with Gasteiger partial charge in [-0.1, -0.05) is 41.7 Å². The summed E-state index contributed by atoms with van der Waals surface area (Å²) in [6, 6.07) is 9.38. The molecule has 25 heavy (non-hydrogen) atoms. The average molecular weight is 380 g/mol. The fourth-order valence-corrected chi connectivity index (χ4v) is 2.92. The van der Waals surface area contributed by atoms with E-state index in [9.17, 15) is 9.59 Å². The van der Waals surface area contributed by atoms with Gasteiger partial charge in [0, 0.05) is 0 Å². The lowest BCUT2D eigenvalue weighted by Crippen LogP contribution is -2.54. The number of aromatic amines is 1. The summed E-state index contributed by atoms with van der Waals surface area (Å²) >= 11 is 6.05. The lowest BCUT2D eigenvalue weighted by molar-refractivity contribution is -0.151. The molecule has 0 radical (unpaired) electrons. The highest BCUT2D eigenvalue weighted by Gasteiger charge is 2.47. The first kappa shape index (κ1) is 18.9. The third kappa shape index (κ3) is 4.58.